The van der Waals surface area contributed by atoms with Crippen LogP contribution < -0.4 is 4.72 Å². The number of nitrogens with zero attached hydrogens (tertiary/aromatic N) is 1. The standard InChI is InChI=1S/C11H12N2O5S/c12-5-8-1-3-9(4-2-8)7-19(17,18)13-6-10(14)11(15)16/h1-4,10,13-14H,6-7H2,(H,15,16)/t10-/m0/s1. The zero-order valence-electron chi connectivity index (χ0n) is 9.78. The number of carboxylic acids is 1. The first kappa shape index (κ1) is 15.1. The number of nitrogens with one attached hydrogen (secondary N) is 1. The van der Waals surface area contributed by atoms with Crippen molar-refractivity contribution in [2.45, 2.75) is 11.9 Å². The molecule has 0 bridgehead atoms. The smallest absolute Gasteiger partial charge is 0.333 e. The fraction of sp³-hybridized carbons (Fsp3) is 0.273. The summed E-state index contributed by atoms with van der Waals surface area (Å²) < 4.78 is 25.2. The normalized spacial score (nSPS) is 12.6. The summed E-state index contributed by atoms with van der Waals surface area (Å²) >= 11 is 0. The predicted molar refractivity (Wildman–Crippen MR) is 65.4 cm³/mol. The van der Waals surface area contributed by atoms with Gasteiger partial charge in [-0.05, 0) is 17.7 Å². The molecular formula is C11H12N2O5S. The molecule has 0 saturated carbocycles. The van der Waals surface area contributed by atoms with Gasteiger partial charge in [-0.2, -0.15) is 5.26 Å². The van der Waals surface area contributed by atoms with Gasteiger partial charge in [-0.1, -0.05) is 12.1 Å². The molecule has 1 atom stereocenters. The Hall–Kier alpha value is -1.95. The predicted octanol–water partition coefficient (Wildman–Crippen LogP) is -0.577. The van der Waals surface area contributed by atoms with Crippen molar-refractivity contribution in [3.8, 4) is 6.07 Å². The van der Waals surface area contributed by atoms with E-state index in [0.29, 0.717) is 11.1 Å². The molecule has 0 heterocycles. The summed E-state index contributed by atoms with van der Waals surface area (Å²) in [4.78, 5) is 10.3. The highest BCUT2D eigenvalue weighted by atomic mass is 32.2. The van der Waals surface area contributed by atoms with E-state index in [2.05, 4.69) is 0 Å². The SMILES string of the molecule is N#Cc1ccc(CS(=O)(=O)NC[C@H](O)C(=O)O)cc1. The molecule has 0 radical (unpaired) electrons. The van der Waals surface area contributed by atoms with Gasteiger partial charge in [0.25, 0.3) is 0 Å². The number of nitriles is 1. The minimum absolute atomic E-state index is 0.356. The second kappa shape index (κ2) is 6.29. The van der Waals surface area contributed by atoms with Gasteiger partial charge in [0.05, 0.1) is 17.4 Å². The highest BCUT2D eigenvalue weighted by Crippen LogP contribution is 2.07. The van der Waals surface area contributed by atoms with Gasteiger partial charge in [-0.3, -0.25) is 0 Å². The molecule has 0 fully saturated rings. The fourth-order valence-corrected chi connectivity index (χ4v) is 2.38. The first-order chi connectivity index (χ1) is 8.84. The third-order valence-corrected chi connectivity index (χ3v) is 3.54. The lowest BCUT2D eigenvalue weighted by Gasteiger charge is -2.08. The van der Waals surface area contributed by atoms with Gasteiger partial charge in [0.15, 0.2) is 6.10 Å². The Kier molecular flexibility index (Phi) is 5.00. The maximum Gasteiger partial charge on any atom is 0.333 e. The van der Waals surface area contributed by atoms with Crippen molar-refractivity contribution in [2.75, 3.05) is 6.54 Å². The molecule has 1 aromatic rings. The maximum absolute atomic E-state index is 11.6. The van der Waals surface area contributed by atoms with Crippen LogP contribution in [0.2, 0.25) is 0 Å². The molecule has 8 heteroatoms. The van der Waals surface area contributed by atoms with Crippen molar-refractivity contribution in [1.82, 2.24) is 4.72 Å². The maximum atomic E-state index is 11.6. The van der Waals surface area contributed by atoms with Crippen molar-refractivity contribution < 1.29 is 23.4 Å². The molecule has 0 aliphatic carbocycles. The largest absolute Gasteiger partial charge is 0.479 e. The second-order valence-corrected chi connectivity index (χ2v) is 5.58. The van der Waals surface area contributed by atoms with Crippen LogP contribution >= 0.6 is 0 Å². The third-order valence-electron chi connectivity index (χ3n) is 2.22. The molecule has 3 N–H and O–H groups in total. The van der Waals surface area contributed by atoms with E-state index in [1.165, 1.54) is 24.3 Å². The molecule has 0 unspecified atom stereocenters. The molecule has 1 rings (SSSR count). The number of carbonyl (C=O) groups is 1. The number of aliphatic hydroxyl groups excluding tert-OH is 1. The zero-order chi connectivity index (χ0) is 14.5. The number of carboxylic acid groups (broad SMARTS) is 1. The molecule has 19 heavy (non-hydrogen) atoms. The van der Waals surface area contributed by atoms with Gasteiger partial charge < -0.3 is 10.2 Å². The molecule has 7 nitrogen and oxygen atoms in total. The molecule has 0 aromatic heterocycles. The number of aliphatic carboxylic acids is 1. The van der Waals surface area contributed by atoms with Gasteiger partial charge >= 0.3 is 5.97 Å². The van der Waals surface area contributed by atoms with Gasteiger partial charge in [-0.15, -0.1) is 0 Å². The summed E-state index contributed by atoms with van der Waals surface area (Å²) in [5.41, 5.74) is 0.867. The van der Waals surface area contributed by atoms with E-state index in [1.54, 1.807) is 0 Å². The van der Waals surface area contributed by atoms with E-state index in [1.807, 2.05) is 10.8 Å². The number of hydrogen-bond donors (Lipinski definition) is 3. The molecule has 0 spiro atoms. The zero-order valence-corrected chi connectivity index (χ0v) is 10.6. The van der Waals surface area contributed by atoms with Crippen LogP contribution in [-0.4, -0.2) is 37.2 Å². The number of rotatable bonds is 6. The molecule has 1 aromatic carbocycles. The van der Waals surface area contributed by atoms with Crippen molar-refractivity contribution in [2.24, 2.45) is 0 Å². The van der Waals surface area contributed by atoms with Gasteiger partial charge in [0.1, 0.15) is 0 Å². The van der Waals surface area contributed by atoms with E-state index in [9.17, 15) is 13.2 Å². The van der Waals surface area contributed by atoms with E-state index >= 15 is 0 Å². The second-order valence-electron chi connectivity index (χ2n) is 3.77. The Bertz CT molecular complexity index is 589. The van der Waals surface area contributed by atoms with Crippen molar-refractivity contribution in [3.05, 3.63) is 35.4 Å². The summed E-state index contributed by atoms with van der Waals surface area (Å²) in [5.74, 6) is -1.86. The average Bonchev–Trinajstić information content (AvgIpc) is 2.36. The number of aliphatic hydroxyl groups is 1. The van der Waals surface area contributed by atoms with Crippen LogP contribution in [0.4, 0.5) is 0 Å². The van der Waals surface area contributed by atoms with Crippen molar-refractivity contribution >= 4 is 16.0 Å². The summed E-state index contributed by atoms with van der Waals surface area (Å²) in [7, 11) is -3.74. The first-order valence-electron chi connectivity index (χ1n) is 5.21. The summed E-state index contributed by atoms with van der Waals surface area (Å²) in [6, 6.07) is 7.86. The summed E-state index contributed by atoms with van der Waals surface area (Å²) in [6.07, 6.45) is -1.78. The minimum atomic E-state index is -3.74. The Balaban J connectivity index is 2.64. The Morgan fingerprint density at radius 3 is 2.42 bits per heavy atom. The molecular weight excluding hydrogens is 272 g/mol. The van der Waals surface area contributed by atoms with E-state index in [4.69, 9.17) is 15.5 Å². The lowest BCUT2D eigenvalue weighted by Crippen LogP contribution is -2.37. The Morgan fingerprint density at radius 1 is 1.37 bits per heavy atom. The van der Waals surface area contributed by atoms with Crippen LogP contribution in [0.15, 0.2) is 24.3 Å². The monoisotopic (exact) mass is 284 g/mol. The molecule has 0 aliphatic heterocycles. The van der Waals surface area contributed by atoms with E-state index < -0.39 is 28.6 Å². The topological polar surface area (TPSA) is 127 Å². The quantitative estimate of drug-likeness (QED) is 0.641. The van der Waals surface area contributed by atoms with Crippen LogP contribution in [0.3, 0.4) is 0 Å². The summed E-state index contributed by atoms with van der Waals surface area (Å²) in [5, 5.41) is 26.0. The van der Waals surface area contributed by atoms with Crippen molar-refractivity contribution in [1.29, 1.82) is 5.26 Å². The number of sulfonamides is 1. The first-order valence-corrected chi connectivity index (χ1v) is 6.86. The highest BCUT2D eigenvalue weighted by Gasteiger charge is 2.18. The lowest BCUT2D eigenvalue weighted by atomic mass is 10.2. The van der Waals surface area contributed by atoms with Crippen LogP contribution in [0, 0.1) is 11.3 Å². The Labute approximate surface area is 110 Å². The van der Waals surface area contributed by atoms with E-state index in [0.717, 1.165) is 0 Å². The van der Waals surface area contributed by atoms with Crippen LogP contribution in [-0.2, 0) is 20.6 Å². The van der Waals surface area contributed by atoms with Gasteiger partial charge in [-0.25, -0.2) is 17.9 Å². The third kappa shape index (κ3) is 5.05. The molecule has 0 aliphatic rings. The average molecular weight is 284 g/mol. The van der Waals surface area contributed by atoms with Crippen molar-refractivity contribution in [3.63, 3.8) is 0 Å². The van der Waals surface area contributed by atoms with Crippen LogP contribution in [0.5, 0.6) is 0 Å². The lowest BCUT2D eigenvalue weighted by molar-refractivity contribution is -0.146. The number of hydrogen-bond acceptors (Lipinski definition) is 5. The molecule has 0 amide bonds. The van der Waals surface area contributed by atoms with Gasteiger partial charge in [0, 0.05) is 6.54 Å². The minimum Gasteiger partial charge on any atom is -0.479 e. The molecule has 102 valence electrons. The molecule has 0 saturated heterocycles. The van der Waals surface area contributed by atoms with Gasteiger partial charge in [0.2, 0.25) is 10.0 Å². The highest BCUT2D eigenvalue weighted by molar-refractivity contribution is 7.88. The fourth-order valence-electron chi connectivity index (χ4n) is 1.24. The van der Waals surface area contributed by atoms with Crippen LogP contribution in [0.25, 0.3) is 0 Å². The van der Waals surface area contributed by atoms with E-state index in [-0.39, 0.29) is 5.75 Å². The number of benzene rings is 1. The Morgan fingerprint density at radius 2 is 1.95 bits per heavy atom. The van der Waals surface area contributed by atoms with Crippen LogP contribution in [0.1, 0.15) is 11.1 Å². The summed E-state index contributed by atoms with van der Waals surface area (Å²) in [6.45, 7) is -0.589.